The van der Waals surface area contributed by atoms with Crippen LogP contribution in [0.1, 0.15) is 47.4 Å². The van der Waals surface area contributed by atoms with E-state index in [9.17, 15) is 14.4 Å². The second-order valence-corrected chi connectivity index (χ2v) is 8.63. The third-order valence-electron chi connectivity index (χ3n) is 5.35. The van der Waals surface area contributed by atoms with Gasteiger partial charge >= 0.3 is 6.03 Å². The van der Waals surface area contributed by atoms with Crippen molar-refractivity contribution >= 4 is 35.0 Å². The van der Waals surface area contributed by atoms with Crippen molar-refractivity contribution in [3.05, 3.63) is 64.7 Å². The summed E-state index contributed by atoms with van der Waals surface area (Å²) in [5.41, 5.74) is 1.62. The highest BCUT2D eigenvalue weighted by Gasteiger charge is 2.28. The van der Waals surface area contributed by atoms with Crippen molar-refractivity contribution in [1.82, 2.24) is 10.2 Å². The number of anilines is 1. The number of likely N-dealkylation sites (tertiary alicyclic amines) is 1. The van der Waals surface area contributed by atoms with Crippen LogP contribution in [-0.2, 0) is 0 Å². The molecule has 1 aliphatic heterocycles. The van der Waals surface area contributed by atoms with Gasteiger partial charge in [0.2, 0.25) is 0 Å². The largest absolute Gasteiger partial charge is 0.352 e. The smallest absolute Gasteiger partial charge is 0.321 e. The van der Waals surface area contributed by atoms with Gasteiger partial charge in [-0.2, -0.15) is 0 Å². The number of piperidine rings is 1. The molecule has 164 valence electrons. The molecule has 3 rings (SSSR count). The molecule has 1 aliphatic rings. The Morgan fingerprint density at radius 3 is 2.35 bits per heavy atom. The summed E-state index contributed by atoms with van der Waals surface area (Å²) in [5, 5.41) is 5.94. The SMILES string of the molecule is CC(C)CNC(=O)c1ccc(NC(=O)N2CCC(C(=O)c3ccccc3)CC2)cc1Cl. The lowest BCUT2D eigenvalue weighted by Crippen LogP contribution is -2.42. The van der Waals surface area contributed by atoms with Gasteiger partial charge in [0.05, 0.1) is 10.6 Å². The average molecular weight is 442 g/mol. The van der Waals surface area contributed by atoms with Crippen molar-refractivity contribution in [2.24, 2.45) is 11.8 Å². The van der Waals surface area contributed by atoms with Crippen LogP contribution in [0.5, 0.6) is 0 Å². The number of carbonyl (C=O) groups excluding carboxylic acids is 3. The first kappa shape index (κ1) is 22.8. The van der Waals surface area contributed by atoms with Gasteiger partial charge in [0, 0.05) is 36.8 Å². The average Bonchev–Trinajstić information content (AvgIpc) is 2.77. The van der Waals surface area contributed by atoms with Crippen LogP contribution in [-0.4, -0.2) is 42.3 Å². The van der Waals surface area contributed by atoms with E-state index >= 15 is 0 Å². The fourth-order valence-corrected chi connectivity index (χ4v) is 3.82. The van der Waals surface area contributed by atoms with Crippen LogP contribution in [0.15, 0.2) is 48.5 Å². The van der Waals surface area contributed by atoms with Gasteiger partial charge in [0.1, 0.15) is 0 Å². The fraction of sp³-hybridized carbons (Fsp3) is 0.375. The van der Waals surface area contributed by atoms with Crippen LogP contribution in [0.25, 0.3) is 0 Å². The number of urea groups is 1. The predicted octanol–water partition coefficient (Wildman–Crippen LogP) is 4.85. The summed E-state index contributed by atoms with van der Waals surface area (Å²) in [6.07, 6.45) is 1.27. The number of carbonyl (C=O) groups is 3. The molecule has 0 atom stereocenters. The Labute approximate surface area is 188 Å². The summed E-state index contributed by atoms with van der Waals surface area (Å²) in [6.45, 7) is 5.62. The zero-order valence-electron chi connectivity index (χ0n) is 17.9. The molecule has 0 aliphatic carbocycles. The fourth-order valence-electron chi connectivity index (χ4n) is 3.55. The standard InChI is InChI=1S/C24H28ClN3O3/c1-16(2)15-26-23(30)20-9-8-19(14-21(20)25)27-24(31)28-12-10-18(11-13-28)22(29)17-6-4-3-5-7-17/h3-9,14,16,18H,10-13,15H2,1-2H3,(H,26,30)(H,27,31). The highest BCUT2D eigenvalue weighted by atomic mass is 35.5. The van der Waals surface area contributed by atoms with E-state index in [4.69, 9.17) is 11.6 Å². The Bertz CT molecular complexity index is 938. The zero-order chi connectivity index (χ0) is 22.4. The van der Waals surface area contributed by atoms with Crippen LogP contribution < -0.4 is 10.6 Å². The maximum absolute atomic E-state index is 12.6. The Morgan fingerprint density at radius 2 is 1.74 bits per heavy atom. The maximum atomic E-state index is 12.6. The first-order valence-corrected chi connectivity index (χ1v) is 11.0. The number of ketones is 1. The quantitative estimate of drug-likeness (QED) is 0.629. The third kappa shape index (κ3) is 6.07. The molecule has 7 heteroatoms. The van der Waals surface area contributed by atoms with Crippen LogP contribution in [0.3, 0.4) is 0 Å². The number of Topliss-reactive ketones (excluding diaryl/α,β-unsaturated/α-hetero) is 1. The van der Waals surface area contributed by atoms with E-state index in [1.54, 1.807) is 23.1 Å². The van der Waals surface area contributed by atoms with E-state index in [-0.39, 0.29) is 28.7 Å². The zero-order valence-corrected chi connectivity index (χ0v) is 18.6. The molecule has 0 unspecified atom stereocenters. The molecule has 2 aromatic carbocycles. The summed E-state index contributed by atoms with van der Waals surface area (Å²) in [4.78, 5) is 39.2. The molecule has 1 heterocycles. The topological polar surface area (TPSA) is 78.5 Å². The van der Waals surface area contributed by atoms with E-state index < -0.39 is 0 Å². The van der Waals surface area contributed by atoms with Crippen LogP contribution in [0, 0.1) is 11.8 Å². The minimum absolute atomic E-state index is 0.0653. The summed E-state index contributed by atoms with van der Waals surface area (Å²) < 4.78 is 0. The number of halogens is 1. The number of hydrogen-bond donors (Lipinski definition) is 2. The number of rotatable bonds is 6. The summed E-state index contributed by atoms with van der Waals surface area (Å²) >= 11 is 6.26. The Hall–Kier alpha value is -2.86. The van der Waals surface area contributed by atoms with Crippen molar-refractivity contribution in [2.45, 2.75) is 26.7 Å². The summed E-state index contributed by atoms with van der Waals surface area (Å²) in [6, 6.07) is 13.9. The lowest BCUT2D eigenvalue weighted by Gasteiger charge is -2.31. The van der Waals surface area contributed by atoms with Crippen molar-refractivity contribution < 1.29 is 14.4 Å². The molecule has 0 spiro atoms. The van der Waals surface area contributed by atoms with Gasteiger partial charge < -0.3 is 15.5 Å². The van der Waals surface area contributed by atoms with Crippen LogP contribution >= 0.6 is 11.6 Å². The highest BCUT2D eigenvalue weighted by molar-refractivity contribution is 6.34. The van der Waals surface area contributed by atoms with Crippen LogP contribution in [0.2, 0.25) is 5.02 Å². The number of hydrogen-bond acceptors (Lipinski definition) is 3. The molecule has 2 N–H and O–H groups in total. The second-order valence-electron chi connectivity index (χ2n) is 8.22. The molecule has 6 nitrogen and oxygen atoms in total. The summed E-state index contributed by atoms with van der Waals surface area (Å²) in [5.74, 6) is 0.179. The first-order chi connectivity index (χ1) is 14.8. The number of nitrogens with zero attached hydrogens (tertiary/aromatic N) is 1. The minimum Gasteiger partial charge on any atom is -0.352 e. The number of nitrogens with one attached hydrogen (secondary N) is 2. The minimum atomic E-state index is -0.237. The van der Waals surface area contributed by atoms with Gasteiger partial charge in [-0.05, 0) is 37.0 Å². The van der Waals surface area contributed by atoms with Gasteiger partial charge in [-0.1, -0.05) is 55.8 Å². The molecule has 1 fully saturated rings. The van der Waals surface area contributed by atoms with E-state index in [1.807, 2.05) is 44.2 Å². The van der Waals surface area contributed by atoms with E-state index in [0.29, 0.717) is 49.6 Å². The molecular weight excluding hydrogens is 414 g/mol. The second kappa shape index (κ2) is 10.4. The third-order valence-corrected chi connectivity index (χ3v) is 5.66. The Morgan fingerprint density at radius 1 is 1.06 bits per heavy atom. The highest BCUT2D eigenvalue weighted by Crippen LogP contribution is 2.24. The molecule has 0 radical (unpaired) electrons. The van der Waals surface area contributed by atoms with Gasteiger partial charge in [0.15, 0.2) is 5.78 Å². The van der Waals surface area contributed by atoms with Crippen molar-refractivity contribution in [2.75, 3.05) is 25.0 Å². The normalized spacial score (nSPS) is 14.4. The van der Waals surface area contributed by atoms with Gasteiger partial charge in [0.25, 0.3) is 5.91 Å². The molecule has 0 aromatic heterocycles. The van der Waals surface area contributed by atoms with Gasteiger partial charge in [-0.15, -0.1) is 0 Å². The lowest BCUT2D eigenvalue weighted by molar-refractivity contribution is 0.0858. The van der Waals surface area contributed by atoms with Gasteiger partial charge in [-0.25, -0.2) is 4.79 Å². The van der Waals surface area contributed by atoms with Crippen LogP contribution in [0.4, 0.5) is 10.5 Å². The summed E-state index contributed by atoms with van der Waals surface area (Å²) in [7, 11) is 0. The first-order valence-electron chi connectivity index (χ1n) is 10.6. The van der Waals surface area contributed by atoms with Crippen molar-refractivity contribution in [3.8, 4) is 0 Å². The molecule has 31 heavy (non-hydrogen) atoms. The van der Waals surface area contributed by atoms with Gasteiger partial charge in [-0.3, -0.25) is 9.59 Å². The molecule has 3 amide bonds. The van der Waals surface area contributed by atoms with Crippen molar-refractivity contribution in [3.63, 3.8) is 0 Å². The monoisotopic (exact) mass is 441 g/mol. The van der Waals surface area contributed by atoms with Crippen molar-refractivity contribution in [1.29, 1.82) is 0 Å². The Kier molecular flexibility index (Phi) is 7.69. The van der Waals surface area contributed by atoms with E-state index in [1.165, 1.54) is 0 Å². The molecule has 1 saturated heterocycles. The predicted molar refractivity (Wildman–Crippen MR) is 123 cm³/mol. The molecule has 0 bridgehead atoms. The van der Waals surface area contributed by atoms with E-state index in [0.717, 1.165) is 5.56 Å². The molecular formula is C24H28ClN3O3. The lowest BCUT2D eigenvalue weighted by atomic mass is 9.89. The molecule has 2 aromatic rings. The Balaban J connectivity index is 1.53. The maximum Gasteiger partial charge on any atom is 0.321 e. The van der Waals surface area contributed by atoms with E-state index in [2.05, 4.69) is 10.6 Å². The molecule has 0 saturated carbocycles. The number of amides is 3. The number of benzene rings is 2.